The molecule has 0 aliphatic heterocycles. The number of anilines is 1. The molecule has 0 aliphatic carbocycles. The van der Waals surface area contributed by atoms with E-state index in [0.717, 1.165) is 5.56 Å². The summed E-state index contributed by atoms with van der Waals surface area (Å²) in [5.74, 6) is 0.566. The Labute approximate surface area is 75.2 Å². The molecule has 2 rings (SSSR count). The Hall–Kier alpha value is -1.78. The van der Waals surface area contributed by atoms with Crippen LogP contribution in [0.4, 0.5) is 6.01 Å². The number of rotatable bonds is 3. The molecule has 0 amide bonds. The van der Waals surface area contributed by atoms with Crippen molar-refractivity contribution in [3.8, 4) is 0 Å². The zero-order chi connectivity index (χ0) is 9.10. The topological polar surface area (TPSA) is 66.7 Å². The van der Waals surface area contributed by atoms with Gasteiger partial charge in [0.2, 0.25) is 5.89 Å². The largest absolute Gasteiger partial charge is 0.408 e. The third kappa shape index (κ3) is 1.87. The summed E-state index contributed by atoms with van der Waals surface area (Å²) in [6.45, 7) is 2.44. The van der Waals surface area contributed by atoms with Crippen LogP contribution in [-0.4, -0.2) is 15.2 Å². The Morgan fingerprint density at radius 3 is 3.08 bits per heavy atom. The van der Waals surface area contributed by atoms with Crippen LogP contribution in [0.25, 0.3) is 0 Å². The summed E-state index contributed by atoms with van der Waals surface area (Å²) in [7, 11) is 0. The summed E-state index contributed by atoms with van der Waals surface area (Å²) in [6, 6.07) is 2.44. The Bertz CT molecular complexity index is 365. The van der Waals surface area contributed by atoms with E-state index in [1.165, 1.54) is 0 Å². The van der Waals surface area contributed by atoms with Crippen LogP contribution in [0.2, 0.25) is 0 Å². The number of nitrogens with one attached hydrogen (secondary N) is 2. The van der Waals surface area contributed by atoms with Crippen molar-refractivity contribution in [3.63, 3.8) is 0 Å². The van der Waals surface area contributed by atoms with Crippen molar-refractivity contribution in [3.05, 3.63) is 29.9 Å². The van der Waals surface area contributed by atoms with Gasteiger partial charge in [-0.3, -0.25) is 0 Å². The molecule has 0 aromatic carbocycles. The molecule has 0 fully saturated rings. The first kappa shape index (κ1) is 7.85. The van der Waals surface area contributed by atoms with Gasteiger partial charge in [0, 0.05) is 25.9 Å². The molecule has 5 nitrogen and oxygen atoms in total. The van der Waals surface area contributed by atoms with Crippen LogP contribution < -0.4 is 5.32 Å². The van der Waals surface area contributed by atoms with Gasteiger partial charge in [0.05, 0.1) is 0 Å². The Kier molecular flexibility index (Phi) is 1.99. The lowest BCUT2D eigenvalue weighted by atomic mass is 10.3. The fraction of sp³-hybridized carbons (Fsp3) is 0.250. The molecule has 0 spiro atoms. The fourth-order valence-corrected chi connectivity index (χ4v) is 1.01. The van der Waals surface area contributed by atoms with Crippen molar-refractivity contribution in [2.24, 2.45) is 0 Å². The number of hydrogen-bond acceptors (Lipinski definition) is 4. The maximum atomic E-state index is 5.14. The molecular weight excluding hydrogens is 168 g/mol. The van der Waals surface area contributed by atoms with Crippen molar-refractivity contribution in [2.45, 2.75) is 13.5 Å². The van der Waals surface area contributed by atoms with E-state index in [9.17, 15) is 0 Å². The molecule has 0 bridgehead atoms. The Balaban J connectivity index is 1.93. The third-order valence-corrected chi connectivity index (χ3v) is 1.63. The summed E-state index contributed by atoms with van der Waals surface area (Å²) in [5.41, 5.74) is 1.15. The second-order valence-corrected chi connectivity index (χ2v) is 2.70. The predicted octanol–water partition coefficient (Wildman–Crippen LogP) is 1.32. The van der Waals surface area contributed by atoms with E-state index < -0.39 is 0 Å². The summed E-state index contributed by atoms with van der Waals surface area (Å²) < 4.78 is 5.14. The minimum atomic E-state index is 0.457. The molecule has 2 aromatic heterocycles. The minimum absolute atomic E-state index is 0.457. The second-order valence-electron chi connectivity index (χ2n) is 2.70. The van der Waals surface area contributed by atoms with E-state index in [-0.39, 0.29) is 0 Å². The number of aromatic nitrogens is 3. The van der Waals surface area contributed by atoms with Crippen LogP contribution in [-0.2, 0) is 6.54 Å². The van der Waals surface area contributed by atoms with Crippen LogP contribution in [0.15, 0.2) is 22.9 Å². The third-order valence-electron chi connectivity index (χ3n) is 1.63. The Morgan fingerprint density at radius 2 is 2.46 bits per heavy atom. The maximum absolute atomic E-state index is 5.14. The number of aromatic amines is 1. The Morgan fingerprint density at radius 1 is 1.54 bits per heavy atom. The molecule has 0 atom stereocenters. The zero-order valence-corrected chi connectivity index (χ0v) is 7.24. The van der Waals surface area contributed by atoms with Gasteiger partial charge in [-0.2, -0.15) is 0 Å². The van der Waals surface area contributed by atoms with Crippen LogP contribution in [0.1, 0.15) is 11.5 Å². The van der Waals surface area contributed by atoms with Gasteiger partial charge >= 0.3 is 6.01 Å². The van der Waals surface area contributed by atoms with Gasteiger partial charge in [-0.05, 0) is 11.6 Å². The molecule has 2 N–H and O–H groups in total. The SMILES string of the molecule is Cc1nnc(NCc2cc[nH]c2)o1. The van der Waals surface area contributed by atoms with Gasteiger partial charge in [-0.15, -0.1) is 5.10 Å². The van der Waals surface area contributed by atoms with Gasteiger partial charge in [0.1, 0.15) is 0 Å². The van der Waals surface area contributed by atoms with Crippen LogP contribution >= 0.6 is 0 Å². The maximum Gasteiger partial charge on any atom is 0.315 e. The first-order valence-corrected chi connectivity index (χ1v) is 4.00. The fourth-order valence-electron chi connectivity index (χ4n) is 1.01. The van der Waals surface area contributed by atoms with Gasteiger partial charge in [-0.1, -0.05) is 5.10 Å². The van der Waals surface area contributed by atoms with E-state index >= 15 is 0 Å². The van der Waals surface area contributed by atoms with Crippen molar-refractivity contribution in [1.29, 1.82) is 0 Å². The highest BCUT2D eigenvalue weighted by Gasteiger charge is 2.00. The highest BCUT2D eigenvalue weighted by atomic mass is 16.4. The minimum Gasteiger partial charge on any atom is -0.408 e. The normalized spacial score (nSPS) is 10.2. The van der Waals surface area contributed by atoms with Crippen LogP contribution in [0, 0.1) is 6.92 Å². The highest BCUT2D eigenvalue weighted by molar-refractivity contribution is 5.21. The van der Waals surface area contributed by atoms with E-state index in [1.807, 2.05) is 18.5 Å². The van der Waals surface area contributed by atoms with E-state index in [1.54, 1.807) is 6.92 Å². The molecular formula is C8H10N4O. The molecule has 13 heavy (non-hydrogen) atoms. The lowest BCUT2D eigenvalue weighted by molar-refractivity contribution is 0.530. The number of hydrogen-bond donors (Lipinski definition) is 2. The summed E-state index contributed by atoms with van der Waals surface area (Å²) >= 11 is 0. The molecule has 0 unspecified atom stereocenters. The zero-order valence-electron chi connectivity index (χ0n) is 7.24. The van der Waals surface area contributed by atoms with Crippen molar-refractivity contribution in [1.82, 2.24) is 15.2 Å². The summed E-state index contributed by atoms with van der Waals surface area (Å²) in [4.78, 5) is 2.96. The lowest BCUT2D eigenvalue weighted by Gasteiger charge is -1.96. The molecule has 2 heterocycles. The molecule has 0 aliphatic rings. The number of H-pyrrole nitrogens is 1. The van der Waals surface area contributed by atoms with Crippen LogP contribution in [0.5, 0.6) is 0 Å². The van der Waals surface area contributed by atoms with E-state index in [2.05, 4.69) is 20.5 Å². The quantitative estimate of drug-likeness (QED) is 0.743. The first-order valence-electron chi connectivity index (χ1n) is 4.00. The first-order chi connectivity index (χ1) is 6.34. The van der Waals surface area contributed by atoms with Crippen LogP contribution in [0.3, 0.4) is 0 Å². The molecule has 2 aromatic rings. The summed E-state index contributed by atoms with van der Waals surface area (Å²) in [5, 5.41) is 10.5. The van der Waals surface area contributed by atoms with E-state index in [4.69, 9.17) is 4.42 Å². The standard InChI is InChI=1S/C8H10N4O/c1-6-11-12-8(13-6)10-5-7-2-3-9-4-7/h2-4,9H,5H2,1H3,(H,10,12). The summed E-state index contributed by atoms with van der Waals surface area (Å²) in [6.07, 6.45) is 3.78. The monoisotopic (exact) mass is 178 g/mol. The molecule has 0 radical (unpaired) electrons. The average molecular weight is 178 g/mol. The van der Waals surface area contributed by atoms with Gasteiger partial charge in [-0.25, -0.2) is 0 Å². The lowest BCUT2D eigenvalue weighted by Crippen LogP contribution is -1.97. The van der Waals surface area contributed by atoms with Crippen molar-refractivity contribution < 1.29 is 4.42 Å². The van der Waals surface area contributed by atoms with E-state index in [0.29, 0.717) is 18.5 Å². The number of aryl methyl sites for hydroxylation is 1. The molecule has 68 valence electrons. The van der Waals surface area contributed by atoms with Gasteiger partial charge in [0.25, 0.3) is 0 Å². The molecule has 0 saturated heterocycles. The van der Waals surface area contributed by atoms with Gasteiger partial charge in [0.15, 0.2) is 0 Å². The van der Waals surface area contributed by atoms with Crippen molar-refractivity contribution in [2.75, 3.05) is 5.32 Å². The van der Waals surface area contributed by atoms with Gasteiger partial charge < -0.3 is 14.7 Å². The predicted molar refractivity (Wildman–Crippen MR) is 47.2 cm³/mol. The molecule has 5 heteroatoms. The van der Waals surface area contributed by atoms with Crippen molar-refractivity contribution >= 4 is 6.01 Å². The highest BCUT2D eigenvalue weighted by Crippen LogP contribution is 2.06. The number of nitrogens with zero attached hydrogens (tertiary/aromatic N) is 2. The average Bonchev–Trinajstić information content (AvgIpc) is 2.71. The second kappa shape index (κ2) is 3.30. The molecule has 0 saturated carbocycles. The smallest absolute Gasteiger partial charge is 0.315 e.